The molecule has 0 saturated carbocycles. The van der Waals surface area contributed by atoms with E-state index in [4.69, 9.17) is 39.5 Å². The van der Waals surface area contributed by atoms with Crippen LogP contribution in [0.4, 0.5) is 0 Å². The van der Waals surface area contributed by atoms with Crippen molar-refractivity contribution in [3.8, 4) is 0 Å². The third-order valence-corrected chi connectivity index (χ3v) is 3.93. The predicted molar refractivity (Wildman–Crippen MR) is 74.2 cm³/mol. The number of halogens is 3. The number of fused-ring (bicyclic) bond motifs is 1. The van der Waals surface area contributed by atoms with E-state index in [2.05, 4.69) is 0 Å². The Balaban J connectivity index is 2.77. The molecule has 0 amide bonds. The summed E-state index contributed by atoms with van der Waals surface area (Å²) < 4.78 is 6.75. The van der Waals surface area contributed by atoms with Gasteiger partial charge in [-0.05, 0) is 6.07 Å². The average Bonchev–Trinajstić information content (AvgIpc) is 2.64. The van der Waals surface area contributed by atoms with Crippen LogP contribution in [0.15, 0.2) is 12.1 Å². The summed E-state index contributed by atoms with van der Waals surface area (Å²) in [5.74, 6) is 0. The predicted octanol–water partition coefficient (Wildman–Crippen LogP) is 4.06. The van der Waals surface area contributed by atoms with E-state index in [0.29, 0.717) is 44.8 Å². The van der Waals surface area contributed by atoms with Gasteiger partial charge in [0, 0.05) is 19.0 Å². The Morgan fingerprint density at radius 1 is 1.33 bits per heavy atom. The standard InChI is InChI=1S/C12H10Cl3NO2/c1-18-5-4-16-11-7(8(6-17)12(16)15)2-3-9(13)10(11)14/h2-3,6H,4-5H2,1H3. The largest absolute Gasteiger partial charge is 0.383 e. The molecule has 3 nitrogen and oxygen atoms in total. The van der Waals surface area contributed by atoms with Gasteiger partial charge >= 0.3 is 0 Å². The highest BCUT2D eigenvalue weighted by atomic mass is 35.5. The summed E-state index contributed by atoms with van der Waals surface area (Å²) in [6.07, 6.45) is 0.720. The maximum absolute atomic E-state index is 11.1. The highest BCUT2D eigenvalue weighted by molar-refractivity contribution is 6.46. The van der Waals surface area contributed by atoms with Gasteiger partial charge in [0.25, 0.3) is 0 Å². The number of methoxy groups -OCH3 is 1. The Labute approximate surface area is 119 Å². The third-order valence-electron chi connectivity index (χ3n) is 2.73. The number of hydrogen-bond donors (Lipinski definition) is 0. The lowest BCUT2D eigenvalue weighted by atomic mass is 10.2. The quantitative estimate of drug-likeness (QED) is 0.798. The zero-order valence-corrected chi connectivity index (χ0v) is 11.8. The van der Waals surface area contributed by atoms with Gasteiger partial charge < -0.3 is 9.30 Å². The van der Waals surface area contributed by atoms with E-state index in [1.165, 1.54) is 0 Å². The third kappa shape index (κ3) is 2.12. The van der Waals surface area contributed by atoms with E-state index < -0.39 is 0 Å². The van der Waals surface area contributed by atoms with Crippen LogP contribution in [0.2, 0.25) is 15.2 Å². The first-order valence-electron chi connectivity index (χ1n) is 5.21. The number of aromatic nitrogens is 1. The van der Waals surface area contributed by atoms with E-state index in [1.54, 1.807) is 23.8 Å². The number of carbonyl (C=O) groups excluding carboxylic acids is 1. The van der Waals surface area contributed by atoms with Crippen LogP contribution in [0.3, 0.4) is 0 Å². The zero-order chi connectivity index (χ0) is 13.3. The van der Waals surface area contributed by atoms with E-state index in [-0.39, 0.29) is 0 Å². The van der Waals surface area contributed by atoms with Crippen molar-refractivity contribution in [2.24, 2.45) is 0 Å². The molecule has 0 N–H and O–H groups in total. The molecule has 0 saturated heterocycles. The van der Waals surface area contributed by atoms with Crippen molar-refractivity contribution < 1.29 is 9.53 Å². The molecule has 1 aromatic heterocycles. The first-order valence-corrected chi connectivity index (χ1v) is 6.35. The molecule has 1 aromatic carbocycles. The number of rotatable bonds is 4. The van der Waals surface area contributed by atoms with Crippen LogP contribution in [0.5, 0.6) is 0 Å². The smallest absolute Gasteiger partial charge is 0.153 e. The summed E-state index contributed by atoms with van der Waals surface area (Å²) in [6, 6.07) is 3.39. The monoisotopic (exact) mass is 305 g/mol. The van der Waals surface area contributed by atoms with E-state index in [9.17, 15) is 4.79 Å². The van der Waals surface area contributed by atoms with Crippen molar-refractivity contribution in [2.45, 2.75) is 6.54 Å². The molecule has 0 unspecified atom stereocenters. The second-order valence-electron chi connectivity index (χ2n) is 3.72. The highest BCUT2D eigenvalue weighted by Gasteiger charge is 2.18. The minimum atomic E-state index is 0.348. The summed E-state index contributed by atoms with van der Waals surface area (Å²) >= 11 is 18.4. The maximum atomic E-state index is 11.1. The fraction of sp³-hybridized carbons (Fsp3) is 0.250. The zero-order valence-electron chi connectivity index (χ0n) is 9.54. The summed E-state index contributed by atoms with van der Waals surface area (Å²) in [5.41, 5.74) is 1.08. The van der Waals surface area contributed by atoms with Crippen molar-refractivity contribution in [3.05, 3.63) is 32.9 Å². The minimum absolute atomic E-state index is 0.348. The molecule has 2 aromatic rings. The lowest BCUT2D eigenvalue weighted by Gasteiger charge is -2.08. The number of hydrogen-bond acceptors (Lipinski definition) is 2. The van der Waals surface area contributed by atoms with Crippen molar-refractivity contribution in [2.75, 3.05) is 13.7 Å². The van der Waals surface area contributed by atoms with Crippen molar-refractivity contribution in [3.63, 3.8) is 0 Å². The number of benzene rings is 1. The Kier molecular flexibility index (Phi) is 4.17. The molecule has 0 spiro atoms. The Morgan fingerprint density at radius 2 is 2.06 bits per heavy atom. The van der Waals surface area contributed by atoms with E-state index in [0.717, 1.165) is 6.29 Å². The van der Waals surface area contributed by atoms with Gasteiger partial charge in [-0.25, -0.2) is 0 Å². The van der Waals surface area contributed by atoms with Crippen LogP contribution in [0.25, 0.3) is 10.9 Å². The lowest BCUT2D eigenvalue weighted by molar-refractivity contribution is 0.112. The Morgan fingerprint density at radius 3 is 2.67 bits per heavy atom. The van der Waals surface area contributed by atoms with Crippen LogP contribution < -0.4 is 0 Å². The average molecular weight is 307 g/mol. The second-order valence-corrected chi connectivity index (χ2v) is 4.87. The summed E-state index contributed by atoms with van der Waals surface area (Å²) in [5, 5.41) is 1.86. The summed E-state index contributed by atoms with van der Waals surface area (Å²) in [4.78, 5) is 11.1. The van der Waals surface area contributed by atoms with Crippen LogP contribution in [-0.2, 0) is 11.3 Å². The van der Waals surface area contributed by atoms with Gasteiger partial charge in [0.1, 0.15) is 5.15 Å². The first kappa shape index (κ1) is 13.7. The van der Waals surface area contributed by atoms with Gasteiger partial charge in [-0.15, -0.1) is 0 Å². The van der Waals surface area contributed by atoms with Crippen LogP contribution in [0.1, 0.15) is 10.4 Å². The molecule has 2 rings (SSSR count). The van der Waals surface area contributed by atoms with E-state index in [1.807, 2.05) is 0 Å². The molecular formula is C12H10Cl3NO2. The SMILES string of the molecule is COCCn1c(Cl)c(C=O)c2ccc(Cl)c(Cl)c21. The molecule has 1 heterocycles. The molecule has 0 atom stereocenters. The van der Waals surface area contributed by atoms with E-state index >= 15 is 0 Å². The molecule has 0 aliphatic carbocycles. The van der Waals surface area contributed by atoms with Gasteiger partial charge in [-0.2, -0.15) is 0 Å². The van der Waals surface area contributed by atoms with Gasteiger partial charge in [0.05, 0.1) is 27.7 Å². The number of aldehydes is 1. The summed E-state index contributed by atoms with van der Waals surface area (Å²) in [7, 11) is 1.59. The van der Waals surface area contributed by atoms with Gasteiger partial charge in [0.15, 0.2) is 6.29 Å². The van der Waals surface area contributed by atoms with Gasteiger partial charge in [-0.3, -0.25) is 4.79 Å². The molecular weight excluding hydrogens is 296 g/mol. The molecule has 18 heavy (non-hydrogen) atoms. The molecule has 0 aliphatic heterocycles. The molecule has 0 fully saturated rings. The molecule has 0 bridgehead atoms. The maximum Gasteiger partial charge on any atom is 0.153 e. The van der Waals surface area contributed by atoms with Gasteiger partial charge in [0.2, 0.25) is 0 Å². The number of nitrogens with zero attached hydrogens (tertiary/aromatic N) is 1. The lowest BCUT2D eigenvalue weighted by Crippen LogP contribution is -2.04. The fourth-order valence-corrected chi connectivity index (χ4v) is 2.62. The molecule has 0 radical (unpaired) electrons. The summed E-state index contributed by atoms with van der Waals surface area (Å²) in [6.45, 7) is 0.963. The fourth-order valence-electron chi connectivity index (χ4n) is 1.88. The normalized spacial score (nSPS) is 11.1. The molecule has 6 heteroatoms. The van der Waals surface area contributed by atoms with Crippen LogP contribution >= 0.6 is 34.8 Å². The number of ether oxygens (including phenoxy) is 1. The Hall–Kier alpha value is -0.740. The highest BCUT2D eigenvalue weighted by Crippen LogP contribution is 2.37. The van der Waals surface area contributed by atoms with Crippen molar-refractivity contribution >= 4 is 52.0 Å². The van der Waals surface area contributed by atoms with Gasteiger partial charge in [-0.1, -0.05) is 40.9 Å². The van der Waals surface area contributed by atoms with Crippen molar-refractivity contribution in [1.29, 1.82) is 0 Å². The van der Waals surface area contributed by atoms with Crippen LogP contribution in [-0.4, -0.2) is 24.6 Å². The molecule has 96 valence electrons. The van der Waals surface area contributed by atoms with Crippen molar-refractivity contribution in [1.82, 2.24) is 4.57 Å². The van der Waals surface area contributed by atoms with Crippen LogP contribution in [0, 0.1) is 0 Å². The number of carbonyl (C=O) groups is 1. The molecule has 0 aliphatic rings. The topological polar surface area (TPSA) is 31.2 Å². The first-order chi connectivity index (χ1) is 8.61. The second kappa shape index (κ2) is 5.49. The minimum Gasteiger partial charge on any atom is -0.383 e. The Bertz CT molecular complexity index is 607.